The van der Waals surface area contributed by atoms with Crippen molar-refractivity contribution >= 4 is 23.8 Å². The van der Waals surface area contributed by atoms with Crippen LogP contribution in [0.3, 0.4) is 0 Å². The summed E-state index contributed by atoms with van der Waals surface area (Å²) in [5.74, 6) is 0.953. The Morgan fingerprint density at radius 1 is 1.14 bits per heavy atom. The number of amides is 1. The van der Waals surface area contributed by atoms with Crippen molar-refractivity contribution in [1.29, 1.82) is 0 Å². The molecule has 1 amide bonds. The first-order chi connectivity index (χ1) is 13.7. The number of fused-ring (bicyclic) bond motifs is 3. The lowest BCUT2D eigenvalue weighted by molar-refractivity contribution is -0.121. The Morgan fingerprint density at radius 3 is 2.71 bits per heavy atom. The number of aromatic amines is 1. The Bertz CT molecular complexity index is 928. The van der Waals surface area contributed by atoms with Crippen molar-refractivity contribution in [3.63, 3.8) is 0 Å². The number of carbonyl (C=O) groups excluding carboxylic acids is 1. The Labute approximate surface area is 161 Å². The first-order valence-electron chi connectivity index (χ1n) is 9.66. The van der Waals surface area contributed by atoms with E-state index in [9.17, 15) is 9.18 Å². The van der Waals surface area contributed by atoms with E-state index >= 15 is 0 Å². The van der Waals surface area contributed by atoms with Crippen LogP contribution in [0.1, 0.15) is 37.3 Å². The van der Waals surface area contributed by atoms with Gasteiger partial charge in [0.25, 0.3) is 0 Å². The van der Waals surface area contributed by atoms with Gasteiger partial charge in [0.15, 0.2) is 0 Å². The van der Waals surface area contributed by atoms with Gasteiger partial charge in [-0.2, -0.15) is 5.11 Å². The maximum Gasteiger partial charge on any atom is 0.227 e. The fraction of sp³-hybridized carbons (Fsp3) is 0.400. The summed E-state index contributed by atoms with van der Waals surface area (Å²) in [5, 5.41) is 13.6. The number of benzene rings is 1. The second kappa shape index (κ2) is 6.85. The largest absolute Gasteiger partial charge is 0.346 e. The molecule has 1 aromatic carbocycles. The molecule has 2 atom stereocenters. The highest BCUT2D eigenvalue weighted by molar-refractivity contribution is 5.92. The monoisotopic (exact) mass is 380 g/mol. The minimum Gasteiger partial charge on any atom is -0.346 e. The van der Waals surface area contributed by atoms with Crippen molar-refractivity contribution in [2.24, 2.45) is 27.2 Å². The van der Waals surface area contributed by atoms with Crippen LogP contribution < -0.4 is 5.32 Å². The van der Waals surface area contributed by atoms with E-state index in [1.54, 1.807) is 18.5 Å². The van der Waals surface area contributed by atoms with Crippen LogP contribution in [0.2, 0.25) is 0 Å². The van der Waals surface area contributed by atoms with E-state index in [0.29, 0.717) is 11.6 Å². The predicted octanol–water partition coefficient (Wildman–Crippen LogP) is 4.36. The number of nitrogens with zero attached hydrogens (tertiary/aromatic N) is 4. The second-order valence-corrected chi connectivity index (χ2v) is 7.65. The van der Waals surface area contributed by atoms with Gasteiger partial charge in [0.05, 0.1) is 0 Å². The first kappa shape index (κ1) is 17.1. The van der Waals surface area contributed by atoms with Crippen molar-refractivity contribution in [2.75, 3.05) is 5.32 Å². The third-order valence-corrected chi connectivity index (χ3v) is 6.01. The molecule has 1 fully saturated rings. The zero-order valence-corrected chi connectivity index (χ0v) is 15.3. The van der Waals surface area contributed by atoms with Crippen LogP contribution in [0.15, 0.2) is 51.9 Å². The van der Waals surface area contributed by atoms with E-state index in [1.165, 1.54) is 12.1 Å². The summed E-state index contributed by atoms with van der Waals surface area (Å²) in [6.07, 6.45) is 7.15. The topological polar surface area (TPSA) is 85.2 Å². The molecule has 2 N–H and O–H groups in total. The number of H-pyrrole nitrogens is 1. The second-order valence-electron chi connectivity index (χ2n) is 7.65. The van der Waals surface area contributed by atoms with E-state index in [2.05, 4.69) is 31.7 Å². The van der Waals surface area contributed by atoms with Gasteiger partial charge >= 0.3 is 0 Å². The van der Waals surface area contributed by atoms with E-state index in [-0.39, 0.29) is 29.7 Å². The fourth-order valence-electron chi connectivity index (χ4n) is 4.51. The maximum atomic E-state index is 13.0. The summed E-state index contributed by atoms with van der Waals surface area (Å²) in [4.78, 5) is 20.1. The molecular weight excluding hydrogens is 359 g/mol. The molecular formula is C20H21FN6O. The van der Waals surface area contributed by atoms with Crippen LogP contribution in [0.4, 0.5) is 15.9 Å². The predicted molar refractivity (Wildman–Crippen MR) is 103 cm³/mol. The molecule has 0 bridgehead atoms. The van der Waals surface area contributed by atoms with Gasteiger partial charge in [-0.1, -0.05) is 5.22 Å². The van der Waals surface area contributed by atoms with Crippen molar-refractivity contribution in [1.82, 2.24) is 9.99 Å². The molecule has 2 aliphatic heterocycles. The molecule has 2 unspecified atom stereocenters. The van der Waals surface area contributed by atoms with Crippen LogP contribution in [-0.4, -0.2) is 28.3 Å². The van der Waals surface area contributed by atoms with Crippen molar-refractivity contribution in [3.8, 4) is 0 Å². The Balaban J connectivity index is 1.22. The Morgan fingerprint density at radius 2 is 1.93 bits per heavy atom. The van der Waals surface area contributed by atoms with Gasteiger partial charge in [-0.15, -0.1) is 0 Å². The number of hydrogen-bond acceptors (Lipinski definition) is 5. The normalized spacial score (nSPS) is 28.1. The quantitative estimate of drug-likeness (QED) is 0.829. The maximum absolute atomic E-state index is 13.0. The summed E-state index contributed by atoms with van der Waals surface area (Å²) in [7, 11) is 0. The van der Waals surface area contributed by atoms with Crippen LogP contribution in [0.25, 0.3) is 0 Å². The van der Waals surface area contributed by atoms with Gasteiger partial charge in [-0.25, -0.2) is 14.4 Å². The molecule has 7 nitrogen and oxygen atoms in total. The smallest absolute Gasteiger partial charge is 0.227 e. The third-order valence-electron chi connectivity index (χ3n) is 6.01. The van der Waals surface area contributed by atoms with Gasteiger partial charge < -0.3 is 10.3 Å². The molecule has 28 heavy (non-hydrogen) atoms. The zero-order valence-electron chi connectivity index (χ0n) is 15.3. The Hall–Kier alpha value is -3.03. The summed E-state index contributed by atoms with van der Waals surface area (Å²) in [6, 6.07) is 8.11. The van der Waals surface area contributed by atoms with Gasteiger partial charge in [0.2, 0.25) is 5.91 Å². The fourth-order valence-corrected chi connectivity index (χ4v) is 4.51. The molecule has 3 heterocycles. The molecule has 1 saturated carbocycles. The summed E-state index contributed by atoms with van der Waals surface area (Å²) in [5.41, 5.74) is 1.77. The lowest BCUT2D eigenvalue weighted by atomic mass is 9.75. The highest BCUT2D eigenvalue weighted by Gasteiger charge is 2.43. The van der Waals surface area contributed by atoms with Crippen LogP contribution in [-0.2, 0) is 4.79 Å². The van der Waals surface area contributed by atoms with Crippen LogP contribution in [0, 0.1) is 17.7 Å². The van der Waals surface area contributed by atoms with Gasteiger partial charge in [-0.3, -0.25) is 4.79 Å². The van der Waals surface area contributed by atoms with Gasteiger partial charge in [0, 0.05) is 23.4 Å². The zero-order chi connectivity index (χ0) is 19.1. The number of aliphatic imine (C=N–C) groups is 1. The third kappa shape index (κ3) is 2.98. The van der Waals surface area contributed by atoms with Gasteiger partial charge in [0.1, 0.15) is 30.1 Å². The molecule has 3 aliphatic rings. The number of hydrogen-bond donors (Lipinski definition) is 2. The molecule has 2 aromatic rings. The average Bonchev–Trinajstić information content (AvgIpc) is 3.36. The van der Waals surface area contributed by atoms with E-state index in [1.807, 2.05) is 11.2 Å². The standard InChI is InChI=1S/C20H21FN6O/c21-14-5-7-15(8-6-14)24-20(28)13-3-1-12(2-4-13)17-18-16-9-10-22-19(16)23-11-27(18)26-25-17/h5-13,17-18,22H,1-4H2,(H,24,28). The first-order valence-corrected chi connectivity index (χ1v) is 9.66. The lowest BCUT2D eigenvalue weighted by Crippen LogP contribution is -2.36. The number of nitrogens with one attached hydrogen (secondary N) is 2. The van der Waals surface area contributed by atoms with Crippen molar-refractivity contribution in [3.05, 3.63) is 47.9 Å². The lowest BCUT2D eigenvalue weighted by Gasteiger charge is -2.34. The number of carbonyl (C=O) groups is 1. The molecule has 1 aromatic heterocycles. The van der Waals surface area contributed by atoms with Crippen molar-refractivity contribution in [2.45, 2.75) is 37.8 Å². The van der Waals surface area contributed by atoms with Gasteiger partial charge in [-0.05, 0) is 61.9 Å². The minimum atomic E-state index is -0.309. The number of rotatable bonds is 3. The summed E-state index contributed by atoms with van der Waals surface area (Å²) in [6.45, 7) is 0. The SMILES string of the molecule is O=C(Nc1ccc(F)cc1)C1CCC(C2N=NN3C=Nc4[nH]ccc4C23)CC1. The minimum absolute atomic E-state index is 0.0115. The molecule has 0 spiro atoms. The molecule has 5 rings (SSSR count). The Kier molecular flexibility index (Phi) is 4.18. The van der Waals surface area contributed by atoms with Crippen molar-refractivity contribution < 1.29 is 9.18 Å². The van der Waals surface area contributed by atoms with E-state index < -0.39 is 0 Å². The highest BCUT2D eigenvalue weighted by atomic mass is 19.1. The summed E-state index contributed by atoms with van der Waals surface area (Å²) < 4.78 is 13.0. The summed E-state index contributed by atoms with van der Waals surface area (Å²) >= 11 is 0. The van der Waals surface area contributed by atoms with Crippen LogP contribution in [0.5, 0.6) is 0 Å². The molecule has 0 saturated heterocycles. The number of halogens is 1. The number of aromatic nitrogens is 1. The molecule has 0 radical (unpaired) electrons. The van der Waals surface area contributed by atoms with E-state index in [0.717, 1.165) is 37.1 Å². The molecule has 1 aliphatic carbocycles. The number of anilines is 1. The average molecular weight is 380 g/mol. The highest BCUT2D eigenvalue weighted by Crippen LogP contribution is 2.45. The van der Waals surface area contributed by atoms with Crippen LogP contribution >= 0.6 is 0 Å². The molecule has 8 heteroatoms. The van der Waals surface area contributed by atoms with E-state index in [4.69, 9.17) is 0 Å². The molecule has 144 valence electrons.